The maximum absolute atomic E-state index is 13.3. The van der Waals surface area contributed by atoms with Crippen LogP contribution in [0, 0.1) is 3.57 Å². The molecule has 33 heavy (non-hydrogen) atoms. The van der Waals surface area contributed by atoms with E-state index in [0.29, 0.717) is 31.6 Å². The summed E-state index contributed by atoms with van der Waals surface area (Å²) >= 11 is 6.82. The van der Waals surface area contributed by atoms with Gasteiger partial charge < -0.3 is 14.3 Å². The van der Waals surface area contributed by atoms with Crippen molar-refractivity contribution in [2.24, 2.45) is 4.99 Å². The van der Waals surface area contributed by atoms with E-state index in [1.807, 2.05) is 42.5 Å². The highest BCUT2D eigenvalue weighted by molar-refractivity contribution is 14.1. The van der Waals surface area contributed by atoms with Gasteiger partial charge in [-0.15, -0.1) is 0 Å². The Morgan fingerprint density at radius 2 is 2.03 bits per heavy atom. The monoisotopic (exact) mass is 638 g/mol. The summed E-state index contributed by atoms with van der Waals surface area (Å²) in [6.07, 6.45) is 3.25. The Morgan fingerprint density at radius 1 is 1.24 bits per heavy atom. The third-order valence-corrected chi connectivity index (χ3v) is 6.65. The van der Waals surface area contributed by atoms with Crippen molar-refractivity contribution in [1.82, 2.24) is 4.90 Å². The topological polar surface area (TPSA) is 92.3 Å². The number of carboxylic acids is 1. The zero-order valence-corrected chi connectivity index (χ0v) is 21.5. The molecule has 0 unspecified atom stereocenters. The first kappa shape index (κ1) is 23.6. The summed E-state index contributed by atoms with van der Waals surface area (Å²) in [5.41, 5.74) is 1.31. The molecule has 0 radical (unpaired) electrons. The fourth-order valence-corrected chi connectivity index (χ4v) is 5.67. The number of furan rings is 1. The zero-order valence-electron chi connectivity index (χ0n) is 16.9. The van der Waals surface area contributed by atoms with Crippen molar-refractivity contribution in [2.45, 2.75) is 6.54 Å². The summed E-state index contributed by atoms with van der Waals surface area (Å²) in [7, 11) is 0. The van der Waals surface area contributed by atoms with E-state index in [0.717, 1.165) is 9.26 Å². The molecule has 1 amide bonds. The fourth-order valence-electron chi connectivity index (χ4n) is 3.02. The summed E-state index contributed by atoms with van der Waals surface area (Å²) in [4.78, 5) is 31.0. The zero-order chi connectivity index (χ0) is 23.4. The van der Waals surface area contributed by atoms with E-state index in [-0.39, 0.29) is 12.5 Å². The van der Waals surface area contributed by atoms with E-state index in [2.05, 4.69) is 43.5 Å². The van der Waals surface area contributed by atoms with Gasteiger partial charge in [-0.05, 0) is 92.8 Å². The Morgan fingerprint density at radius 3 is 2.73 bits per heavy atom. The Kier molecular flexibility index (Phi) is 7.56. The summed E-state index contributed by atoms with van der Waals surface area (Å²) in [5.74, 6) is -0.337. The summed E-state index contributed by atoms with van der Waals surface area (Å²) in [6.45, 7) is -0.262. The van der Waals surface area contributed by atoms with Crippen LogP contribution in [0.1, 0.15) is 11.3 Å². The molecule has 2 heterocycles. The van der Waals surface area contributed by atoms with Crippen molar-refractivity contribution in [2.75, 3.05) is 6.61 Å². The molecule has 168 valence electrons. The van der Waals surface area contributed by atoms with Crippen LogP contribution < -0.4 is 4.74 Å². The molecule has 1 aliphatic heterocycles. The van der Waals surface area contributed by atoms with Crippen molar-refractivity contribution < 1.29 is 23.8 Å². The number of aliphatic imine (C=N–C) groups is 1. The van der Waals surface area contributed by atoms with Crippen LogP contribution in [0.3, 0.4) is 0 Å². The number of thioether (sulfide) groups is 1. The number of amidine groups is 1. The molecule has 1 fully saturated rings. The number of benzene rings is 2. The highest BCUT2D eigenvalue weighted by atomic mass is 127. The van der Waals surface area contributed by atoms with E-state index >= 15 is 0 Å². The lowest BCUT2D eigenvalue weighted by atomic mass is 10.2. The van der Waals surface area contributed by atoms with Crippen LogP contribution in [-0.2, 0) is 16.1 Å². The molecule has 0 spiro atoms. The molecular formula is C23H16BrIN2O5S. The number of halogens is 2. The summed E-state index contributed by atoms with van der Waals surface area (Å²) < 4.78 is 12.4. The Balaban J connectivity index is 1.73. The molecule has 3 aromatic rings. The summed E-state index contributed by atoms with van der Waals surface area (Å²) in [6, 6.07) is 16.6. The van der Waals surface area contributed by atoms with Crippen LogP contribution in [-0.4, -0.2) is 33.7 Å². The highest BCUT2D eigenvalue weighted by Crippen LogP contribution is 2.39. The van der Waals surface area contributed by atoms with Gasteiger partial charge in [0.05, 0.1) is 27.9 Å². The Hall–Kier alpha value is -2.57. The van der Waals surface area contributed by atoms with E-state index < -0.39 is 12.6 Å². The SMILES string of the molecule is O=C(O)COc1c(Br)cc(I)cc1/C=C1\SC(=Nc2ccccc2)N(Cc2ccco2)C1=O. The van der Waals surface area contributed by atoms with E-state index in [1.54, 1.807) is 29.4 Å². The van der Waals surface area contributed by atoms with Crippen LogP contribution in [0.15, 0.2) is 79.6 Å². The van der Waals surface area contributed by atoms with Gasteiger partial charge in [0, 0.05) is 9.13 Å². The first-order chi connectivity index (χ1) is 15.9. The number of aliphatic carboxylic acids is 1. The Bertz CT molecular complexity index is 1250. The highest BCUT2D eigenvalue weighted by Gasteiger charge is 2.34. The number of carboxylic acid groups (broad SMARTS) is 1. The number of carbonyl (C=O) groups is 2. The second-order valence-electron chi connectivity index (χ2n) is 6.80. The van der Waals surface area contributed by atoms with Gasteiger partial charge in [0.25, 0.3) is 5.91 Å². The van der Waals surface area contributed by atoms with Crippen molar-refractivity contribution in [1.29, 1.82) is 0 Å². The van der Waals surface area contributed by atoms with Crippen LogP contribution in [0.5, 0.6) is 5.75 Å². The first-order valence-electron chi connectivity index (χ1n) is 9.62. The lowest BCUT2D eigenvalue weighted by molar-refractivity contribution is -0.139. The number of carbonyl (C=O) groups excluding carboxylic acids is 1. The smallest absolute Gasteiger partial charge is 0.341 e. The van der Waals surface area contributed by atoms with E-state index in [9.17, 15) is 9.59 Å². The average Bonchev–Trinajstić information content (AvgIpc) is 3.38. The number of amides is 1. The number of para-hydroxylation sites is 1. The normalized spacial score (nSPS) is 16.1. The minimum atomic E-state index is -1.09. The lowest BCUT2D eigenvalue weighted by Gasteiger charge is -2.14. The largest absolute Gasteiger partial charge is 0.480 e. The molecular weight excluding hydrogens is 623 g/mol. The molecule has 10 heteroatoms. The van der Waals surface area contributed by atoms with Gasteiger partial charge in [-0.25, -0.2) is 9.79 Å². The maximum Gasteiger partial charge on any atom is 0.341 e. The fraction of sp³-hybridized carbons (Fsp3) is 0.0870. The number of hydrogen-bond acceptors (Lipinski definition) is 6. The number of nitrogens with zero attached hydrogens (tertiary/aromatic N) is 2. The van der Waals surface area contributed by atoms with E-state index in [1.165, 1.54) is 11.8 Å². The molecule has 0 bridgehead atoms. The predicted molar refractivity (Wildman–Crippen MR) is 138 cm³/mol. The van der Waals surface area contributed by atoms with E-state index in [4.69, 9.17) is 14.3 Å². The minimum Gasteiger partial charge on any atom is -0.480 e. The third kappa shape index (κ3) is 5.87. The molecule has 2 aromatic carbocycles. The van der Waals surface area contributed by atoms with Gasteiger partial charge in [0.15, 0.2) is 11.8 Å². The van der Waals surface area contributed by atoms with Crippen LogP contribution >= 0.6 is 50.3 Å². The second kappa shape index (κ2) is 10.6. The molecule has 1 saturated heterocycles. The predicted octanol–water partition coefficient (Wildman–Crippen LogP) is 5.91. The number of rotatable bonds is 7. The number of hydrogen-bond donors (Lipinski definition) is 1. The lowest BCUT2D eigenvalue weighted by Crippen LogP contribution is -2.28. The molecule has 1 aliphatic rings. The molecule has 4 rings (SSSR count). The Labute approximate surface area is 215 Å². The number of ether oxygens (including phenoxy) is 1. The maximum atomic E-state index is 13.3. The van der Waals surface area contributed by atoms with Gasteiger partial charge in [0.1, 0.15) is 11.5 Å². The minimum absolute atomic E-state index is 0.231. The van der Waals surface area contributed by atoms with Gasteiger partial charge in [0.2, 0.25) is 0 Å². The van der Waals surface area contributed by atoms with Crippen LogP contribution in [0.4, 0.5) is 5.69 Å². The average molecular weight is 639 g/mol. The standard InChI is InChI=1S/C23H16BrIN2O5S/c24-18-11-15(25)9-14(21(18)32-13-20(28)29)10-19-22(30)27(12-17-7-4-8-31-17)23(33-19)26-16-5-2-1-3-6-16/h1-11H,12-13H2,(H,28,29)/b19-10-,26-23?. The molecule has 1 aromatic heterocycles. The van der Waals surface area contributed by atoms with Crippen molar-refractivity contribution in [3.8, 4) is 5.75 Å². The molecule has 0 atom stereocenters. The van der Waals surface area contributed by atoms with Crippen molar-refractivity contribution >= 4 is 79.1 Å². The van der Waals surface area contributed by atoms with Crippen molar-refractivity contribution in [3.05, 3.63) is 85.1 Å². The summed E-state index contributed by atoms with van der Waals surface area (Å²) in [5, 5.41) is 9.54. The molecule has 1 N–H and O–H groups in total. The molecule has 7 nitrogen and oxygen atoms in total. The molecule has 0 saturated carbocycles. The van der Waals surface area contributed by atoms with Gasteiger partial charge in [-0.1, -0.05) is 18.2 Å². The van der Waals surface area contributed by atoms with Gasteiger partial charge in [-0.2, -0.15) is 0 Å². The van der Waals surface area contributed by atoms with Gasteiger partial charge >= 0.3 is 5.97 Å². The van der Waals surface area contributed by atoms with Crippen LogP contribution in [0.2, 0.25) is 0 Å². The van der Waals surface area contributed by atoms with Crippen molar-refractivity contribution in [3.63, 3.8) is 0 Å². The third-order valence-electron chi connectivity index (χ3n) is 4.43. The van der Waals surface area contributed by atoms with Crippen LogP contribution in [0.25, 0.3) is 6.08 Å². The molecule has 0 aliphatic carbocycles. The van der Waals surface area contributed by atoms with Gasteiger partial charge in [-0.3, -0.25) is 9.69 Å². The first-order valence-corrected chi connectivity index (χ1v) is 12.3. The quantitative estimate of drug-likeness (QED) is 0.255. The second-order valence-corrected chi connectivity index (χ2v) is 9.91.